The van der Waals surface area contributed by atoms with Crippen LogP contribution in [0.3, 0.4) is 0 Å². The van der Waals surface area contributed by atoms with Crippen LogP contribution in [0, 0.1) is 5.41 Å². The predicted octanol–water partition coefficient (Wildman–Crippen LogP) is 4.62. The maximum atomic E-state index is 8.07. The van der Waals surface area contributed by atoms with Gasteiger partial charge in [-0.3, -0.25) is 0 Å². The van der Waals surface area contributed by atoms with E-state index in [1.54, 1.807) is 0 Å². The van der Waals surface area contributed by atoms with E-state index in [-0.39, 0.29) is 0 Å². The molecule has 3 aromatic rings. The summed E-state index contributed by atoms with van der Waals surface area (Å²) >= 11 is 0. The minimum atomic E-state index is 0.346. The lowest BCUT2D eigenvalue weighted by atomic mass is 10.0. The molecule has 0 aliphatic carbocycles. The van der Waals surface area contributed by atoms with Gasteiger partial charge < -0.3 is 5.41 Å². The Balaban J connectivity index is 1.67. The van der Waals surface area contributed by atoms with E-state index in [0.717, 1.165) is 22.2 Å². The minimum absolute atomic E-state index is 0.346. The summed E-state index contributed by atoms with van der Waals surface area (Å²) in [5, 5.41) is 17.4. The van der Waals surface area contributed by atoms with Crippen LogP contribution in [0.15, 0.2) is 75.9 Å². The highest BCUT2D eigenvalue weighted by Gasteiger charge is 2.16. The van der Waals surface area contributed by atoms with Crippen LogP contribution in [-0.4, -0.2) is 16.5 Å². The molecular formula is C18H13N5. The van der Waals surface area contributed by atoms with E-state index in [2.05, 4.69) is 20.2 Å². The molecule has 0 bridgehead atoms. The summed E-state index contributed by atoms with van der Waals surface area (Å²) in [7, 11) is 0. The summed E-state index contributed by atoms with van der Waals surface area (Å²) in [6, 6.07) is 19.4. The summed E-state index contributed by atoms with van der Waals surface area (Å²) in [6.45, 7) is 0. The van der Waals surface area contributed by atoms with Gasteiger partial charge in [0.25, 0.3) is 0 Å². The molecule has 0 spiro atoms. The smallest absolute Gasteiger partial charge is 0.196 e. The highest BCUT2D eigenvalue weighted by molar-refractivity contribution is 6.42. The van der Waals surface area contributed by atoms with Gasteiger partial charge in [0.1, 0.15) is 0 Å². The number of pyridine rings is 1. The average molecular weight is 299 g/mol. The molecule has 0 unspecified atom stereocenters. The Morgan fingerprint density at radius 2 is 1.70 bits per heavy atom. The van der Waals surface area contributed by atoms with Crippen LogP contribution in [0.1, 0.15) is 5.56 Å². The summed E-state index contributed by atoms with van der Waals surface area (Å²) in [5.41, 5.74) is 3.13. The number of para-hydroxylation sites is 2. The quantitative estimate of drug-likeness (QED) is 0.654. The Kier molecular flexibility index (Phi) is 3.24. The Bertz CT molecular complexity index is 972. The van der Waals surface area contributed by atoms with E-state index in [1.807, 2.05) is 60.7 Å². The largest absolute Gasteiger partial charge is 0.301 e. The van der Waals surface area contributed by atoms with Crippen molar-refractivity contribution in [3.05, 3.63) is 66.2 Å². The molecule has 5 nitrogen and oxygen atoms in total. The Morgan fingerprint density at radius 3 is 2.65 bits per heavy atom. The van der Waals surface area contributed by atoms with E-state index in [4.69, 9.17) is 5.41 Å². The maximum Gasteiger partial charge on any atom is 0.196 e. The van der Waals surface area contributed by atoms with Crippen molar-refractivity contribution in [2.24, 2.45) is 15.2 Å². The first-order chi connectivity index (χ1) is 11.3. The van der Waals surface area contributed by atoms with E-state index in [1.165, 1.54) is 0 Å². The lowest BCUT2D eigenvalue weighted by Gasteiger charge is -2.12. The number of nitrogens with zero attached hydrogens (tertiary/aromatic N) is 4. The van der Waals surface area contributed by atoms with Crippen molar-refractivity contribution in [1.29, 1.82) is 5.41 Å². The second kappa shape index (κ2) is 5.53. The zero-order valence-corrected chi connectivity index (χ0v) is 12.3. The van der Waals surface area contributed by atoms with Gasteiger partial charge in [0.2, 0.25) is 0 Å². The predicted molar refractivity (Wildman–Crippen MR) is 91.2 cm³/mol. The SMILES string of the molecule is N=C1Cc2ccccc2N=C1N=Nc1ccc2ccccc2n1. The van der Waals surface area contributed by atoms with Crippen molar-refractivity contribution in [2.45, 2.75) is 6.42 Å². The van der Waals surface area contributed by atoms with Gasteiger partial charge in [0, 0.05) is 11.8 Å². The number of aromatic nitrogens is 1. The van der Waals surface area contributed by atoms with Gasteiger partial charge in [0.15, 0.2) is 11.7 Å². The third-order valence-corrected chi connectivity index (χ3v) is 3.69. The Labute approximate surface area is 133 Å². The molecule has 1 aliphatic rings. The van der Waals surface area contributed by atoms with E-state index in [0.29, 0.717) is 23.8 Å². The molecule has 0 amide bonds. The van der Waals surface area contributed by atoms with Crippen LogP contribution in [0.25, 0.3) is 10.9 Å². The van der Waals surface area contributed by atoms with Crippen molar-refractivity contribution in [3.8, 4) is 0 Å². The molecule has 2 heterocycles. The van der Waals surface area contributed by atoms with Crippen molar-refractivity contribution in [2.75, 3.05) is 0 Å². The van der Waals surface area contributed by atoms with Gasteiger partial charge in [-0.15, -0.1) is 10.2 Å². The zero-order chi connectivity index (χ0) is 15.6. The van der Waals surface area contributed by atoms with Crippen molar-refractivity contribution < 1.29 is 0 Å². The van der Waals surface area contributed by atoms with E-state index >= 15 is 0 Å². The standard InChI is InChI=1S/C18H13N5/c19-14-11-13-6-2-4-8-16(13)21-18(14)23-22-17-10-9-12-5-1-3-7-15(12)20-17/h1-10,19H,11H2. The number of nitrogens with one attached hydrogen (secondary N) is 1. The average Bonchev–Trinajstić information content (AvgIpc) is 2.59. The van der Waals surface area contributed by atoms with Crippen LogP contribution in [0.5, 0.6) is 0 Å². The number of aliphatic imine (C=N–C) groups is 1. The lowest BCUT2D eigenvalue weighted by molar-refractivity contribution is 1.17. The van der Waals surface area contributed by atoms with Crippen molar-refractivity contribution >= 4 is 34.0 Å². The number of azo groups is 1. The molecule has 0 saturated heterocycles. The minimum Gasteiger partial charge on any atom is -0.301 e. The molecule has 0 fully saturated rings. The first-order valence-corrected chi connectivity index (χ1v) is 7.31. The summed E-state index contributed by atoms with van der Waals surface area (Å²) in [4.78, 5) is 8.85. The van der Waals surface area contributed by atoms with Crippen LogP contribution < -0.4 is 0 Å². The van der Waals surface area contributed by atoms with Crippen LogP contribution in [-0.2, 0) is 6.42 Å². The van der Waals surface area contributed by atoms with Crippen molar-refractivity contribution in [1.82, 2.24) is 4.98 Å². The fraction of sp³-hybridized carbons (Fsp3) is 0.0556. The number of fused-ring (bicyclic) bond motifs is 2. The van der Waals surface area contributed by atoms with Gasteiger partial charge in [0.05, 0.1) is 16.9 Å². The number of hydrogen-bond donors (Lipinski definition) is 1. The van der Waals surface area contributed by atoms with Gasteiger partial charge in [-0.1, -0.05) is 36.4 Å². The molecule has 1 aromatic heterocycles. The van der Waals surface area contributed by atoms with E-state index in [9.17, 15) is 0 Å². The molecule has 0 radical (unpaired) electrons. The van der Waals surface area contributed by atoms with Crippen molar-refractivity contribution in [3.63, 3.8) is 0 Å². The fourth-order valence-corrected chi connectivity index (χ4v) is 2.51. The molecule has 0 saturated carbocycles. The van der Waals surface area contributed by atoms with Crippen LogP contribution >= 0.6 is 0 Å². The van der Waals surface area contributed by atoms with Gasteiger partial charge >= 0.3 is 0 Å². The fourth-order valence-electron chi connectivity index (χ4n) is 2.51. The van der Waals surface area contributed by atoms with Gasteiger partial charge in [-0.05, 0) is 29.8 Å². The normalized spacial score (nSPS) is 14.1. The number of hydrogen-bond acceptors (Lipinski definition) is 5. The number of rotatable bonds is 1. The maximum absolute atomic E-state index is 8.07. The highest BCUT2D eigenvalue weighted by Crippen LogP contribution is 2.25. The summed E-state index contributed by atoms with van der Waals surface area (Å²) in [6.07, 6.45) is 0.527. The Morgan fingerprint density at radius 1 is 0.870 bits per heavy atom. The highest BCUT2D eigenvalue weighted by atomic mass is 15.2. The topological polar surface area (TPSA) is 73.8 Å². The third kappa shape index (κ3) is 2.64. The first-order valence-electron chi connectivity index (χ1n) is 7.31. The molecule has 4 rings (SSSR count). The molecule has 1 N–H and O–H groups in total. The molecule has 1 aliphatic heterocycles. The second-order valence-electron chi connectivity index (χ2n) is 5.28. The van der Waals surface area contributed by atoms with Crippen LogP contribution in [0.4, 0.5) is 11.5 Å². The molecule has 110 valence electrons. The summed E-state index contributed by atoms with van der Waals surface area (Å²) in [5.74, 6) is 0.858. The monoisotopic (exact) mass is 299 g/mol. The Hall–Kier alpha value is -3.21. The molecule has 23 heavy (non-hydrogen) atoms. The van der Waals surface area contributed by atoms with Crippen LogP contribution in [0.2, 0.25) is 0 Å². The third-order valence-electron chi connectivity index (χ3n) is 3.69. The molecule has 2 aromatic carbocycles. The lowest BCUT2D eigenvalue weighted by Crippen LogP contribution is -2.16. The molecule has 0 atom stereocenters. The second-order valence-corrected chi connectivity index (χ2v) is 5.28. The zero-order valence-electron chi connectivity index (χ0n) is 12.3. The summed E-state index contributed by atoms with van der Waals surface area (Å²) < 4.78 is 0. The first kappa shape index (κ1) is 13.5. The molecule has 5 heteroatoms. The molecular weight excluding hydrogens is 286 g/mol. The number of amidine groups is 1. The van der Waals surface area contributed by atoms with Gasteiger partial charge in [-0.25, -0.2) is 9.98 Å². The number of benzene rings is 2. The van der Waals surface area contributed by atoms with E-state index < -0.39 is 0 Å². The van der Waals surface area contributed by atoms with Gasteiger partial charge in [-0.2, -0.15) is 0 Å².